The number of hydrogen-bond donors (Lipinski definition) is 3. The van der Waals surface area contributed by atoms with Gasteiger partial charge in [-0.2, -0.15) is 0 Å². The lowest BCUT2D eigenvalue weighted by Gasteiger charge is -2.17. The number of anilines is 1. The molecule has 126 valence electrons. The standard InChI is InChI=1S/C16H21ClN2O4/c17-11-7-8-14(23-12-4-1-2-5-12)13(10-11)19-16(22)18-9-3-6-15(20)21/h7-8,10,12H,1-6,9H2,(H,20,21)(H2,18,19,22). The lowest BCUT2D eigenvalue weighted by atomic mass is 10.2. The highest BCUT2D eigenvalue weighted by Crippen LogP contribution is 2.32. The number of halogens is 1. The number of urea groups is 1. The zero-order chi connectivity index (χ0) is 16.7. The average molecular weight is 341 g/mol. The minimum atomic E-state index is -0.880. The van der Waals surface area contributed by atoms with E-state index >= 15 is 0 Å². The number of benzene rings is 1. The Bertz CT molecular complexity index is 559. The van der Waals surface area contributed by atoms with E-state index in [0.717, 1.165) is 25.7 Å². The van der Waals surface area contributed by atoms with Crippen LogP contribution in [0.1, 0.15) is 38.5 Å². The van der Waals surface area contributed by atoms with Crippen LogP contribution in [0.15, 0.2) is 18.2 Å². The fraction of sp³-hybridized carbons (Fsp3) is 0.500. The summed E-state index contributed by atoms with van der Waals surface area (Å²) in [5.41, 5.74) is 0.514. The van der Waals surface area contributed by atoms with Gasteiger partial charge in [-0.25, -0.2) is 4.79 Å². The molecular formula is C16H21ClN2O4. The SMILES string of the molecule is O=C(O)CCCNC(=O)Nc1cc(Cl)ccc1OC1CCCC1. The Morgan fingerprint density at radius 3 is 2.74 bits per heavy atom. The van der Waals surface area contributed by atoms with Crippen LogP contribution in [0.5, 0.6) is 5.75 Å². The topological polar surface area (TPSA) is 87.7 Å². The molecule has 0 heterocycles. The molecule has 0 bridgehead atoms. The Morgan fingerprint density at radius 1 is 1.30 bits per heavy atom. The predicted octanol–water partition coefficient (Wildman–Crippen LogP) is 3.65. The Labute approximate surface area is 140 Å². The first-order chi connectivity index (χ1) is 11.0. The number of amides is 2. The molecule has 23 heavy (non-hydrogen) atoms. The predicted molar refractivity (Wildman–Crippen MR) is 88.2 cm³/mol. The second-order valence-corrected chi connectivity index (χ2v) is 5.98. The van der Waals surface area contributed by atoms with Gasteiger partial charge in [0.25, 0.3) is 0 Å². The summed E-state index contributed by atoms with van der Waals surface area (Å²) in [6.45, 7) is 0.289. The molecule has 1 aliphatic rings. The van der Waals surface area contributed by atoms with Crippen LogP contribution in [0, 0.1) is 0 Å². The van der Waals surface area contributed by atoms with Crippen LogP contribution in [-0.4, -0.2) is 29.8 Å². The second-order valence-electron chi connectivity index (χ2n) is 5.54. The normalized spacial score (nSPS) is 14.5. The van der Waals surface area contributed by atoms with E-state index in [1.54, 1.807) is 18.2 Å². The van der Waals surface area contributed by atoms with Gasteiger partial charge in [0.1, 0.15) is 5.75 Å². The number of carbonyl (C=O) groups excluding carboxylic acids is 1. The van der Waals surface area contributed by atoms with E-state index in [1.165, 1.54) is 0 Å². The van der Waals surface area contributed by atoms with Gasteiger partial charge in [-0.05, 0) is 50.3 Å². The van der Waals surface area contributed by atoms with Gasteiger partial charge in [-0.3, -0.25) is 4.79 Å². The summed E-state index contributed by atoms with van der Waals surface area (Å²) in [5, 5.41) is 14.4. The summed E-state index contributed by atoms with van der Waals surface area (Å²) in [6.07, 6.45) is 4.93. The van der Waals surface area contributed by atoms with Gasteiger partial charge in [0.2, 0.25) is 0 Å². The molecule has 3 N–H and O–H groups in total. The maximum absolute atomic E-state index is 11.9. The second kappa shape index (κ2) is 8.62. The highest BCUT2D eigenvalue weighted by molar-refractivity contribution is 6.31. The van der Waals surface area contributed by atoms with E-state index < -0.39 is 12.0 Å². The smallest absolute Gasteiger partial charge is 0.319 e. The molecule has 0 saturated heterocycles. The summed E-state index contributed by atoms with van der Waals surface area (Å²) >= 11 is 5.99. The van der Waals surface area contributed by atoms with Crippen molar-refractivity contribution in [3.05, 3.63) is 23.2 Å². The van der Waals surface area contributed by atoms with Gasteiger partial charge in [0, 0.05) is 18.0 Å². The summed E-state index contributed by atoms with van der Waals surface area (Å²) in [6, 6.07) is 4.71. The van der Waals surface area contributed by atoms with Crippen molar-refractivity contribution in [3.63, 3.8) is 0 Å². The van der Waals surface area contributed by atoms with Crippen LogP contribution in [-0.2, 0) is 4.79 Å². The summed E-state index contributed by atoms with van der Waals surface area (Å²) in [4.78, 5) is 22.3. The first-order valence-electron chi connectivity index (χ1n) is 7.77. The first kappa shape index (κ1) is 17.4. The molecule has 1 saturated carbocycles. The molecule has 0 aliphatic heterocycles. The Kier molecular flexibility index (Phi) is 6.52. The van der Waals surface area contributed by atoms with Crippen molar-refractivity contribution in [1.82, 2.24) is 5.32 Å². The Morgan fingerprint density at radius 2 is 2.04 bits per heavy atom. The van der Waals surface area contributed by atoms with Crippen molar-refractivity contribution in [1.29, 1.82) is 0 Å². The quantitative estimate of drug-likeness (QED) is 0.661. The Balaban J connectivity index is 1.90. The van der Waals surface area contributed by atoms with Gasteiger partial charge in [-0.15, -0.1) is 0 Å². The first-order valence-corrected chi connectivity index (χ1v) is 8.15. The minimum Gasteiger partial charge on any atom is -0.488 e. The maximum atomic E-state index is 11.9. The summed E-state index contributed by atoms with van der Waals surface area (Å²) < 4.78 is 5.94. The van der Waals surface area contributed by atoms with Crippen LogP contribution in [0.25, 0.3) is 0 Å². The molecular weight excluding hydrogens is 320 g/mol. The number of carbonyl (C=O) groups is 2. The average Bonchev–Trinajstić information content (AvgIpc) is 2.99. The lowest BCUT2D eigenvalue weighted by Crippen LogP contribution is -2.30. The third-order valence-corrected chi connectivity index (χ3v) is 3.87. The van der Waals surface area contributed by atoms with E-state index in [2.05, 4.69) is 10.6 Å². The molecule has 1 aliphatic carbocycles. The van der Waals surface area contributed by atoms with Gasteiger partial charge >= 0.3 is 12.0 Å². The molecule has 1 fully saturated rings. The van der Waals surface area contributed by atoms with Crippen LogP contribution < -0.4 is 15.4 Å². The van der Waals surface area contributed by atoms with Gasteiger partial charge < -0.3 is 20.5 Å². The van der Waals surface area contributed by atoms with Crippen molar-refractivity contribution in [2.45, 2.75) is 44.6 Å². The molecule has 1 aromatic carbocycles. The molecule has 2 rings (SSSR count). The van der Waals surface area contributed by atoms with Crippen LogP contribution in [0.2, 0.25) is 5.02 Å². The fourth-order valence-corrected chi connectivity index (χ4v) is 2.67. The highest BCUT2D eigenvalue weighted by atomic mass is 35.5. The summed E-state index contributed by atoms with van der Waals surface area (Å²) in [7, 11) is 0. The van der Waals surface area contributed by atoms with Crippen molar-refractivity contribution in [2.24, 2.45) is 0 Å². The zero-order valence-corrected chi connectivity index (χ0v) is 13.6. The number of aliphatic carboxylic acids is 1. The van der Waals surface area contributed by atoms with Crippen molar-refractivity contribution >= 4 is 29.3 Å². The molecule has 6 nitrogen and oxygen atoms in total. The number of carboxylic acid groups (broad SMARTS) is 1. The highest BCUT2D eigenvalue weighted by Gasteiger charge is 2.18. The molecule has 0 unspecified atom stereocenters. The monoisotopic (exact) mass is 340 g/mol. The largest absolute Gasteiger partial charge is 0.488 e. The number of hydrogen-bond acceptors (Lipinski definition) is 3. The number of nitrogens with one attached hydrogen (secondary N) is 2. The van der Waals surface area contributed by atoms with Crippen LogP contribution in [0.4, 0.5) is 10.5 Å². The van der Waals surface area contributed by atoms with E-state index in [9.17, 15) is 9.59 Å². The minimum absolute atomic E-state index is 0.0213. The van der Waals surface area contributed by atoms with Gasteiger partial charge in [0.05, 0.1) is 11.8 Å². The Hall–Kier alpha value is -1.95. The zero-order valence-electron chi connectivity index (χ0n) is 12.8. The number of ether oxygens (including phenoxy) is 1. The molecule has 0 aromatic heterocycles. The van der Waals surface area contributed by atoms with Crippen LogP contribution >= 0.6 is 11.6 Å². The van der Waals surface area contributed by atoms with Gasteiger partial charge in [-0.1, -0.05) is 11.6 Å². The van der Waals surface area contributed by atoms with E-state index in [-0.39, 0.29) is 19.1 Å². The van der Waals surface area contributed by atoms with Crippen LogP contribution in [0.3, 0.4) is 0 Å². The van der Waals surface area contributed by atoms with Crippen molar-refractivity contribution < 1.29 is 19.4 Å². The molecule has 0 spiro atoms. The third-order valence-electron chi connectivity index (χ3n) is 3.64. The van der Waals surface area contributed by atoms with Gasteiger partial charge in [0.15, 0.2) is 0 Å². The fourth-order valence-electron chi connectivity index (χ4n) is 2.50. The molecule has 7 heteroatoms. The van der Waals surface area contributed by atoms with Crippen molar-refractivity contribution in [2.75, 3.05) is 11.9 Å². The molecule has 0 atom stereocenters. The molecule has 0 radical (unpaired) electrons. The van der Waals surface area contributed by atoms with E-state index in [1.807, 2.05) is 0 Å². The van der Waals surface area contributed by atoms with E-state index in [0.29, 0.717) is 22.9 Å². The lowest BCUT2D eigenvalue weighted by molar-refractivity contribution is -0.137. The molecule has 1 aromatic rings. The molecule has 2 amide bonds. The third kappa shape index (κ3) is 5.98. The number of rotatable bonds is 7. The number of carboxylic acids is 1. The van der Waals surface area contributed by atoms with E-state index in [4.69, 9.17) is 21.4 Å². The van der Waals surface area contributed by atoms with Crippen molar-refractivity contribution in [3.8, 4) is 5.75 Å². The summed E-state index contributed by atoms with van der Waals surface area (Å²) in [5.74, 6) is -0.281. The maximum Gasteiger partial charge on any atom is 0.319 e.